The highest BCUT2D eigenvalue weighted by atomic mass is 16.6. The monoisotopic (exact) mass is 391 g/mol. The minimum Gasteiger partial charge on any atom is -0.355 e. The van der Waals surface area contributed by atoms with Gasteiger partial charge in [-0.25, -0.2) is 0 Å². The molecule has 2 amide bonds. The first-order valence-corrected chi connectivity index (χ1v) is 9.66. The standard InChI is InChI=1S/C19H29N5O4/c1-3-8-20-19(26)14-23-12-10-22(11-13-23)9-7-18(25)21-16-5-4-6-17(15(16)2)24(27)28/h4-6H,3,7-14H2,1-2H3,(H,20,26)(H,21,25). The Hall–Kier alpha value is -2.52. The smallest absolute Gasteiger partial charge is 0.274 e. The lowest BCUT2D eigenvalue weighted by Crippen LogP contribution is -2.49. The molecule has 1 aromatic rings. The van der Waals surface area contributed by atoms with Gasteiger partial charge in [-0.1, -0.05) is 13.0 Å². The molecular formula is C19H29N5O4. The Morgan fingerprint density at radius 3 is 2.46 bits per heavy atom. The molecule has 1 aliphatic heterocycles. The number of rotatable bonds is 9. The van der Waals surface area contributed by atoms with Crippen LogP contribution in [-0.4, -0.2) is 72.4 Å². The summed E-state index contributed by atoms with van der Waals surface area (Å²) in [7, 11) is 0. The molecule has 0 saturated carbocycles. The van der Waals surface area contributed by atoms with Crippen molar-refractivity contribution >= 4 is 23.2 Å². The molecule has 1 saturated heterocycles. The molecule has 154 valence electrons. The van der Waals surface area contributed by atoms with Gasteiger partial charge in [0.25, 0.3) is 5.69 Å². The van der Waals surface area contributed by atoms with Gasteiger partial charge in [0.05, 0.1) is 22.7 Å². The third-order valence-corrected chi connectivity index (χ3v) is 4.84. The van der Waals surface area contributed by atoms with Crippen molar-refractivity contribution in [3.05, 3.63) is 33.9 Å². The maximum absolute atomic E-state index is 12.2. The average molecular weight is 391 g/mol. The van der Waals surface area contributed by atoms with E-state index in [0.29, 0.717) is 37.3 Å². The summed E-state index contributed by atoms with van der Waals surface area (Å²) in [6.07, 6.45) is 1.25. The van der Waals surface area contributed by atoms with E-state index in [4.69, 9.17) is 0 Å². The molecule has 9 heteroatoms. The molecule has 0 atom stereocenters. The number of benzene rings is 1. The number of hydrogen-bond donors (Lipinski definition) is 2. The third kappa shape index (κ3) is 6.58. The van der Waals surface area contributed by atoms with Gasteiger partial charge in [-0.05, 0) is 19.4 Å². The van der Waals surface area contributed by atoms with Crippen molar-refractivity contribution in [2.24, 2.45) is 0 Å². The molecule has 1 aromatic carbocycles. The fraction of sp³-hybridized carbons (Fsp3) is 0.579. The number of anilines is 1. The number of piperazine rings is 1. The predicted molar refractivity (Wildman–Crippen MR) is 107 cm³/mol. The topological polar surface area (TPSA) is 108 Å². The van der Waals surface area contributed by atoms with Gasteiger partial charge in [-0.3, -0.25) is 24.6 Å². The van der Waals surface area contributed by atoms with Crippen molar-refractivity contribution in [2.75, 3.05) is 51.1 Å². The number of nitrogens with zero attached hydrogens (tertiary/aromatic N) is 3. The maximum Gasteiger partial charge on any atom is 0.274 e. The predicted octanol–water partition coefficient (Wildman–Crippen LogP) is 1.38. The number of nitrogens with one attached hydrogen (secondary N) is 2. The Morgan fingerprint density at radius 1 is 1.14 bits per heavy atom. The Morgan fingerprint density at radius 2 is 1.82 bits per heavy atom. The number of carbonyl (C=O) groups is 2. The van der Waals surface area contributed by atoms with Crippen molar-refractivity contribution in [2.45, 2.75) is 26.7 Å². The summed E-state index contributed by atoms with van der Waals surface area (Å²) < 4.78 is 0. The average Bonchev–Trinajstić information content (AvgIpc) is 2.67. The normalized spacial score (nSPS) is 15.2. The molecule has 0 spiro atoms. The second-order valence-corrected chi connectivity index (χ2v) is 6.97. The molecule has 1 heterocycles. The molecule has 1 aliphatic rings. The molecular weight excluding hydrogens is 362 g/mol. The first-order valence-electron chi connectivity index (χ1n) is 9.66. The van der Waals surface area contributed by atoms with Gasteiger partial charge in [-0.2, -0.15) is 0 Å². The Bertz CT molecular complexity index is 702. The summed E-state index contributed by atoms with van der Waals surface area (Å²) in [5.74, 6) is -0.105. The molecule has 1 fully saturated rings. The summed E-state index contributed by atoms with van der Waals surface area (Å²) in [6, 6.07) is 4.66. The fourth-order valence-electron chi connectivity index (χ4n) is 3.12. The lowest BCUT2D eigenvalue weighted by Gasteiger charge is -2.34. The summed E-state index contributed by atoms with van der Waals surface area (Å²) in [5.41, 5.74) is 0.926. The molecule has 0 aliphatic carbocycles. The quantitative estimate of drug-likeness (QED) is 0.486. The van der Waals surface area contributed by atoms with Crippen molar-refractivity contribution < 1.29 is 14.5 Å². The Labute approximate surface area is 165 Å². The molecule has 2 N–H and O–H groups in total. The number of nitro groups is 1. The van der Waals surface area contributed by atoms with Gasteiger partial charge in [-0.15, -0.1) is 0 Å². The summed E-state index contributed by atoms with van der Waals surface area (Å²) in [4.78, 5) is 38.9. The highest BCUT2D eigenvalue weighted by molar-refractivity contribution is 5.92. The van der Waals surface area contributed by atoms with Crippen LogP contribution in [0.4, 0.5) is 11.4 Å². The van der Waals surface area contributed by atoms with Crippen molar-refractivity contribution in [1.82, 2.24) is 15.1 Å². The van der Waals surface area contributed by atoms with Gasteiger partial charge < -0.3 is 15.5 Å². The van der Waals surface area contributed by atoms with Gasteiger partial charge in [0.15, 0.2) is 0 Å². The van der Waals surface area contributed by atoms with Crippen LogP contribution in [0.25, 0.3) is 0 Å². The van der Waals surface area contributed by atoms with E-state index in [2.05, 4.69) is 20.4 Å². The van der Waals surface area contributed by atoms with E-state index >= 15 is 0 Å². The van der Waals surface area contributed by atoms with E-state index in [1.807, 2.05) is 6.92 Å². The zero-order chi connectivity index (χ0) is 20.5. The molecule has 0 unspecified atom stereocenters. The van der Waals surface area contributed by atoms with E-state index in [0.717, 1.165) is 32.6 Å². The number of amides is 2. The summed E-state index contributed by atoms with van der Waals surface area (Å²) >= 11 is 0. The van der Waals surface area contributed by atoms with Crippen LogP contribution in [0.2, 0.25) is 0 Å². The first-order chi connectivity index (χ1) is 13.4. The second-order valence-electron chi connectivity index (χ2n) is 6.97. The van der Waals surface area contributed by atoms with Crippen LogP contribution in [0, 0.1) is 17.0 Å². The van der Waals surface area contributed by atoms with Gasteiger partial charge in [0.2, 0.25) is 11.8 Å². The van der Waals surface area contributed by atoms with Crippen LogP contribution in [0.1, 0.15) is 25.3 Å². The molecule has 28 heavy (non-hydrogen) atoms. The van der Waals surface area contributed by atoms with E-state index in [1.165, 1.54) is 6.07 Å². The Kier molecular flexibility index (Phi) is 8.34. The summed E-state index contributed by atoms with van der Waals surface area (Å²) in [6.45, 7) is 8.61. The zero-order valence-electron chi connectivity index (χ0n) is 16.6. The highest BCUT2D eigenvalue weighted by Crippen LogP contribution is 2.25. The summed E-state index contributed by atoms with van der Waals surface area (Å²) in [5, 5.41) is 16.6. The minimum atomic E-state index is -0.451. The van der Waals surface area contributed by atoms with Crippen LogP contribution >= 0.6 is 0 Å². The van der Waals surface area contributed by atoms with E-state index < -0.39 is 4.92 Å². The first kappa shape index (κ1) is 21.8. The van der Waals surface area contributed by atoms with E-state index in [-0.39, 0.29) is 17.5 Å². The SMILES string of the molecule is CCCNC(=O)CN1CCN(CCC(=O)Nc2cccc([N+](=O)[O-])c2C)CC1. The second kappa shape index (κ2) is 10.7. The molecule has 2 rings (SSSR count). The van der Waals surface area contributed by atoms with Gasteiger partial charge in [0, 0.05) is 51.8 Å². The largest absolute Gasteiger partial charge is 0.355 e. The van der Waals surface area contributed by atoms with Crippen LogP contribution in [0.5, 0.6) is 0 Å². The Balaban J connectivity index is 1.72. The third-order valence-electron chi connectivity index (χ3n) is 4.84. The van der Waals surface area contributed by atoms with E-state index in [1.54, 1.807) is 19.1 Å². The van der Waals surface area contributed by atoms with Crippen molar-refractivity contribution in [1.29, 1.82) is 0 Å². The van der Waals surface area contributed by atoms with Gasteiger partial charge >= 0.3 is 0 Å². The van der Waals surface area contributed by atoms with Gasteiger partial charge in [0.1, 0.15) is 0 Å². The van der Waals surface area contributed by atoms with Crippen LogP contribution < -0.4 is 10.6 Å². The fourth-order valence-corrected chi connectivity index (χ4v) is 3.12. The van der Waals surface area contributed by atoms with Crippen molar-refractivity contribution in [3.8, 4) is 0 Å². The number of carbonyl (C=O) groups excluding carboxylic acids is 2. The van der Waals surface area contributed by atoms with Crippen LogP contribution in [0.15, 0.2) is 18.2 Å². The van der Waals surface area contributed by atoms with Crippen LogP contribution in [0.3, 0.4) is 0 Å². The van der Waals surface area contributed by atoms with Crippen LogP contribution in [-0.2, 0) is 9.59 Å². The number of nitro benzene ring substituents is 1. The van der Waals surface area contributed by atoms with Crippen molar-refractivity contribution in [3.63, 3.8) is 0 Å². The lowest BCUT2D eigenvalue weighted by atomic mass is 10.1. The zero-order valence-corrected chi connectivity index (χ0v) is 16.6. The molecule has 0 bridgehead atoms. The minimum absolute atomic E-state index is 0.00287. The molecule has 9 nitrogen and oxygen atoms in total. The highest BCUT2D eigenvalue weighted by Gasteiger charge is 2.20. The maximum atomic E-state index is 12.2. The molecule has 0 radical (unpaired) electrons. The lowest BCUT2D eigenvalue weighted by molar-refractivity contribution is -0.385. The van der Waals surface area contributed by atoms with E-state index in [9.17, 15) is 19.7 Å². The number of hydrogen-bond acceptors (Lipinski definition) is 6. The molecule has 0 aromatic heterocycles.